The molecule has 1 aliphatic rings. The van der Waals surface area contributed by atoms with Crippen molar-refractivity contribution >= 4 is 22.4 Å². The van der Waals surface area contributed by atoms with Gasteiger partial charge in [0.1, 0.15) is 5.69 Å². The van der Waals surface area contributed by atoms with Crippen LogP contribution in [0, 0.1) is 10.1 Å². The normalized spacial score (nSPS) is 15.3. The molecule has 0 bridgehead atoms. The summed E-state index contributed by atoms with van der Waals surface area (Å²) in [5.41, 5.74) is 2.06. The Balaban J connectivity index is 2.28. The van der Waals surface area contributed by atoms with Gasteiger partial charge in [-0.3, -0.25) is 19.2 Å². The SMILES string of the molecule is CCn1c(=O)n(CC)c2cc([N+](=O)[O-])c(N3CCCCC3)cc21. The minimum absolute atomic E-state index is 0.0925. The summed E-state index contributed by atoms with van der Waals surface area (Å²) < 4.78 is 3.29. The summed E-state index contributed by atoms with van der Waals surface area (Å²) in [5.74, 6) is 0. The van der Waals surface area contributed by atoms with E-state index in [2.05, 4.69) is 4.90 Å². The molecule has 23 heavy (non-hydrogen) atoms. The van der Waals surface area contributed by atoms with Crippen molar-refractivity contribution in [3.8, 4) is 0 Å². The fraction of sp³-hybridized carbons (Fsp3) is 0.562. The number of hydrogen-bond donors (Lipinski definition) is 0. The minimum atomic E-state index is -0.336. The Morgan fingerprint density at radius 1 is 1.04 bits per heavy atom. The molecule has 2 aromatic rings. The van der Waals surface area contributed by atoms with Crippen LogP contribution >= 0.6 is 0 Å². The molecule has 1 aromatic heterocycles. The van der Waals surface area contributed by atoms with Gasteiger partial charge in [-0.05, 0) is 39.2 Å². The van der Waals surface area contributed by atoms with Crippen LogP contribution in [0.5, 0.6) is 0 Å². The molecule has 0 amide bonds. The van der Waals surface area contributed by atoms with Gasteiger partial charge < -0.3 is 4.90 Å². The fourth-order valence-corrected chi connectivity index (χ4v) is 3.48. The van der Waals surface area contributed by atoms with Gasteiger partial charge >= 0.3 is 5.69 Å². The zero-order valence-corrected chi connectivity index (χ0v) is 13.6. The highest BCUT2D eigenvalue weighted by Gasteiger charge is 2.25. The van der Waals surface area contributed by atoms with Gasteiger partial charge in [-0.25, -0.2) is 4.79 Å². The molecular formula is C16H22N4O3. The number of benzene rings is 1. The summed E-state index contributed by atoms with van der Waals surface area (Å²) in [6.45, 7) is 6.52. The number of rotatable bonds is 4. The van der Waals surface area contributed by atoms with Crippen molar-refractivity contribution in [3.05, 3.63) is 32.7 Å². The Morgan fingerprint density at radius 3 is 2.13 bits per heavy atom. The molecule has 124 valence electrons. The number of imidazole rings is 1. The first-order valence-electron chi connectivity index (χ1n) is 8.24. The third kappa shape index (κ3) is 2.50. The van der Waals surface area contributed by atoms with Crippen LogP contribution in [0.25, 0.3) is 11.0 Å². The average molecular weight is 318 g/mol. The molecule has 0 aliphatic carbocycles. The third-order valence-corrected chi connectivity index (χ3v) is 4.64. The number of nitro groups is 1. The summed E-state index contributed by atoms with van der Waals surface area (Å²) in [7, 11) is 0. The number of aromatic nitrogens is 2. The molecule has 1 aliphatic heterocycles. The number of aryl methyl sites for hydroxylation is 2. The molecule has 7 nitrogen and oxygen atoms in total. The van der Waals surface area contributed by atoms with E-state index in [1.54, 1.807) is 15.2 Å². The van der Waals surface area contributed by atoms with Crippen LogP contribution in [0.2, 0.25) is 0 Å². The molecule has 0 atom stereocenters. The third-order valence-electron chi connectivity index (χ3n) is 4.64. The molecule has 3 rings (SSSR count). The van der Waals surface area contributed by atoms with Crippen molar-refractivity contribution in [2.75, 3.05) is 18.0 Å². The van der Waals surface area contributed by atoms with Crippen LogP contribution in [0.3, 0.4) is 0 Å². The molecule has 1 fully saturated rings. The maximum Gasteiger partial charge on any atom is 0.329 e. The number of fused-ring (bicyclic) bond motifs is 1. The number of nitro benzene ring substituents is 1. The molecule has 0 unspecified atom stereocenters. The standard InChI is InChI=1S/C16H22N4O3/c1-3-18-13-10-12(17-8-6-5-7-9-17)15(20(22)23)11-14(13)19(4-2)16(18)21/h10-11H,3-9H2,1-2H3. The topological polar surface area (TPSA) is 73.3 Å². The van der Waals surface area contributed by atoms with Crippen LogP contribution in [0.4, 0.5) is 11.4 Å². The maximum atomic E-state index is 12.5. The van der Waals surface area contributed by atoms with E-state index in [4.69, 9.17) is 0 Å². The Labute approximate surface area is 134 Å². The Kier molecular flexibility index (Phi) is 4.11. The highest BCUT2D eigenvalue weighted by molar-refractivity contribution is 5.86. The molecule has 0 N–H and O–H groups in total. The van der Waals surface area contributed by atoms with Gasteiger partial charge in [-0.1, -0.05) is 0 Å². The van der Waals surface area contributed by atoms with Crippen LogP contribution in [0.1, 0.15) is 33.1 Å². The quantitative estimate of drug-likeness (QED) is 0.642. The molecule has 1 saturated heterocycles. The molecule has 7 heteroatoms. The van der Waals surface area contributed by atoms with Gasteiger partial charge in [-0.15, -0.1) is 0 Å². The Hall–Kier alpha value is -2.31. The highest BCUT2D eigenvalue weighted by Crippen LogP contribution is 2.34. The van der Waals surface area contributed by atoms with Crippen LogP contribution in [0.15, 0.2) is 16.9 Å². The van der Waals surface area contributed by atoms with Gasteiger partial charge in [0.25, 0.3) is 5.69 Å². The first kappa shape index (κ1) is 15.6. The van der Waals surface area contributed by atoms with Crippen LogP contribution in [-0.4, -0.2) is 27.1 Å². The molecule has 0 spiro atoms. The van der Waals surface area contributed by atoms with Crippen molar-refractivity contribution in [1.82, 2.24) is 9.13 Å². The number of nitrogens with zero attached hydrogens (tertiary/aromatic N) is 4. The van der Waals surface area contributed by atoms with Gasteiger partial charge in [-0.2, -0.15) is 0 Å². The van der Waals surface area contributed by atoms with E-state index in [0.29, 0.717) is 24.3 Å². The lowest BCUT2D eigenvalue weighted by Crippen LogP contribution is -2.30. The van der Waals surface area contributed by atoms with E-state index < -0.39 is 0 Å². The van der Waals surface area contributed by atoms with Crippen molar-refractivity contribution < 1.29 is 4.92 Å². The van der Waals surface area contributed by atoms with E-state index >= 15 is 0 Å². The lowest BCUT2D eigenvalue weighted by atomic mass is 10.1. The van der Waals surface area contributed by atoms with Gasteiger partial charge in [0.05, 0.1) is 16.0 Å². The smallest absolute Gasteiger partial charge is 0.329 e. The predicted molar refractivity (Wildman–Crippen MR) is 90.3 cm³/mol. The minimum Gasteiger partial charge on any atom is -0.366 e. The zero-order valence-electron chi connectivity index (χ0n) is 13.6. The summed E-state index contributed by atoms with van der Waals surface area (Å²) in [5, 5.41) is 11.6. The fourth-order valence-electron chi connectivity index (χ4n) is 3.48. The second-order valence-electron chi connectivity index (χ2n) is 5.91. The molecule has 1 aromatic carbocycles. The number of anilines is 1. The van der Waals surface area contributed by atoms with E-state index in [9.17, 15) is 14.9 Å². The first-order chi connectivity index (χ1) is 11.1. The van der Waals surface area contributed by atoms with Crippen molar-refractivity contribution in [1.29, 1.82) is 0 Å². The second-order valence-corrected chi connectivity index (χ2v) is 5.91. The summed E-state index contributed by atoms with van der Waals surface area (Å²) >= 11 is 0. The van der Waals surface area contributed by atoms with Gasteiger partial charge in [0.15, 0.2) is 0 Å². The lowest BCUT2D eigenvalue weighted by molar-refractivity contribution is -0.384. The van der Waals surface area contributed by atoms with E-state index in [-0.39, 0.29) is 16.3 Å². The van der Waals surface area contributed by atoms with E-state index in [1.807, 2.05) is 19.9 Å². The van der Waals surface area contributed by atoms with Crippen molar-refractivity contribution in [2.45, 2.75) is 46.2 Å². The highest BCUT2D eigenvalue weighted by atomic mass is 16.6. The monoisotopic (exact) mass is 318 g/mol. The largest absolute Gasteiger partial charge is 0.366 e. The van der Waals surface area contributed by atoms with Crippen LogP contribution < -0.4 is 10.6 Å². The maximum absolute atomic E-state index is 12.5. The van der Waals surface area contributed by atoms with Crippen molar-refractivity contribution in [3.63, 3.8) is 0 Å². The molecular weight excluding hydrogens is 296 g/mol. The molecule has 2 heterocycles. The summed E-state index contributed by atoms with van der Waals surface area (Å²) in [6.07, 6.45) is 3.26. The molecule has 0 radical (unpaired) electrons. The first-order valence-corrected chi connectivity index (χ1v) is 8.24. The summed E-state index contributed by atoms with van der Waals surface area (Å²) in [4.78, 5) is 25.8. The molecule has 0 saturated carbocycles. The number of piperidine rings is 1. The Bertz CT molecular complexity index is 800. The summed E-state index contributed by atoms with van der Waals surface area (Å²) in [6, 6.07) is 3.40. The predicted octanol–water partition coefficient (Wildman–Crippen LogP) is 2.74. The van der Waals surface area contributed by atoms with Gasteiger partial charge in [0, 0.05) is 32.2 Å². The number of hydrogen-bond acceptors (Lipinski definition) is 4. The Morgan fingerprint density at radius 2 is 1.61 bits per heavy atom. The van der Waals surface area contributed by atoms with Gasteiger partial charge in [0.2, 0.25) is 0 Å². The second kappa shape index (κ2) is 6.06. The van der Waals surface area contributed by atoms with Crippen molar-refractivity contribution in [2.24, 2.45) is 0 Å². The van der Waals surface area contributed by atoms with E-state index in [1.165, 1.54) is 6.42 Å². The zero-order chi connectivity index (χ0) is 16.6. The van der Waals surface area contributed by atoms with Crippen LogP contribution in [-0.2, 0) is 13.1 Å². The van der Waals surface area contributed by atoms with E-state index in [0.717, 1.165) is 31.4 Å². The average Bonchev–Trinajstić information content (AvgIpc) is 2.84. The lowest BCUT2D eigenvalue weighted by Gasteiger charge is -2.28.